The first kappa shape index (κ1) is 18.3. The second-order valence-corrected chi connectivity index (χ2v) is 9.47. The van der Waals surface area contributed by atoms with Crippen molar-refractivity contribution >= 4 is 15.9 Å². The Morgan fingerprint density at radius 1 is 1.27 bits per heavy atom. The normalized spacial score (nSPS) is 45.4. The number of rotatable bonds is 1. The fraction of sp³-hybridized carbons (Fsp3) is 0.800. The molecule has 5 atom stereocenters. The molecule has 0 unspecified atom stereocenters. The van der Waals surface area contributed by atoms with Crippen LogP contribution in [-0.4, -0.2) is 15.5 Å². The van der Waals surface area contributed by atoms with Crippen LogP contribution >= 0.6 is 15.9 Å². The summed E-state index contributed by atoms with van der Waals surface area (Å²) in [5.41, 5.74) is 0.920. The Labute approximate surface area is 145 Å². The zero-order chi connectivity index (χ0) is 16.5. The molecule has 0 heterocycles. The van der Waals surface area contributed by atoms with Crippen LogP contribution in [0.15, 0.2) is 24.3 Å². The van der Waals surface area contributed by atoms with Gasteiger partial charge >= 0.3 is 0 Å². The van der Waals surface area contributed by atoms with Crippen molar-refractivity contribution in [2.45, 2.75) is 76.6 Å². The minimum atomic E-state index is -0.590. The standard InChI is InChI=1S/C20H33BrO/c1-14(2)16-8-6-7-9-17-19(4,12-10-15(16)3)18(21)11-13-20(17,5)22/h7,9,14,16-18,22H,3,6,8,10-13H2,1-2,4-5H3/b9-7+/t16-,17-,18-,19-,20+/m0/s1. The lowest BCUT2D eigenvalue weighted by atomic mass is 9.58. The Morgan fingerprint density at radius 3 is 2.59 bits per heavy atom. The molecule has 2 rings (SSSR count). The molecule has 1 saturated carbocycles. The van der Waals surface area contributed by atoms with Crippen LogP contribution in [-0.2, 0) is 0 Å². The van der Waals surface area contributed by atoms with Crippen molar-refractivity contribution in [3.8, 4) is 0 Å². The fourth-order valence-electron chi connectivity index (χ4n) is 4.68. The zero-order valence-electron chi connectivity index (χ0n) is 14.7. The van der Waals surface area contributed by atoms with E-state index in [2.05, 4.69) is 55.4 Å². The maximum absolute atomic E-state index is 10.9. The van der Waals surface area contributed by atoms with Crippen LogP contribution < -0.4 is 0 Å². The first-order chi connectivity index (χ1) is 10.2. The average Bonchev–Trinajstić information content (AvgIpc) is 2.43. The number of alkyl halides is 1. The van der Waals surface area contributed by atoms with E-state index in [0.717, 1.165) is 32.1 Å². The Hall–Kier alpha value is -0.0800. The maximum Gasteiger partial charge on any atom is 0.0688 e. The van der Waals surface area contributed by atoms with E-state index in [0.29, 0.717) is 16.7 Å². The zero-order valence-corrected chi connectivity index (χ0v) is 16.3. The summed E-state index contributed by atoms with van der Waals surface area (Å²) in [7, 11) is 0. The van der Waals surface area contributed by atoms with Gasteiger partial charge in [0.05, 0.1) is 5.60 Å². The highest BCUT2D eigenvalue weighted by molar-refractivity contribution is 9.09. The molecule has 0 aliphatic heterocycles. The molecule has 126 valence electrons. The number of aliphatic hydroxyl groups is 1. The molecule has 0 aromatic rings. The van der Waals surface area contributed by atoms with Crippen LogP contribution in [0.1, 0.15) is 66.2 Å². The molecule has 0 radical (unpaired) electrons. The van der Waals surface area contributed by atoms with Gasteiger partial charge in [0.25, 0.3) is 0 Å². The van der Waals surface area contributed by atoms with E-state index in [1.54, 1.807) is 0 Å². The predicted molar refractivity (Wildman–Crippen MR) is 99.2 cm³/mol. The van der Waals surface area contributed by atoms with E-state index in [1.165, 1.54) is 12.0 Å². The highest BCUT2D eigenvalue weighted by Gasteiger charge is 2.51. The van der Waals surface area contributed by atoms with E-state index in [-0.39, 0.29) is 11.3 Å². The number of hydrogen-bond acceptors (Lipinski definition) is 1. The Kier molecular flexibility index (Phi) is 5.65. The van der Waals surface area contributed by atoms with Gasteiger partial charge in [-0.05, 0) is 62.7 Å². The van der Waals surface area contributed by atoms with Gasteiger partial charge in [0.2, 0.25) is 0 Å². The third kappa shape index (κ3) is 3.53. The Morgan fingerprint density at radius 2 is 1.95 bits per heavy atom. The van der Waals surface area contributed by atoms with E-state index < -0.39 is 5.60 Å². The van der Waals surface area contributed by atoms with E-state index >= 15 is 0 Å². The van der Waals surface area contributed by atoms with Gasteiger partial charge in [-0.1, -0.05) is 61.0 Å². The summed E-state index contributed by atoms with van der Waals surface area (Å²) >= 11 is 3.93. The van der Waals surface area contributed by atoms with Crippen LogP contribution in [0.4, 0.5) is 0 Å². The van der Waals surface area contributed by atoms with Crippen molar-refractivity contribution in [1.82, 2.24) is 0 Å². The number of hydrogen-bond donors (Lipinski definition) is 1. The van der Waals surface area contributed by atoms with Gasteiger partial charge in [-0.15, -0.1) is 0 Å². The monoisotopic (exact) mass is 368 g/mol. The van der Waals surface area contributed by atoms with Crippen LogP contribution in [0.25, 0.3) is 0 Å². The van der Waals surface area contributed by atoms with Crippen molar-refractivity contribution in [3.63, 3.8) is 0 Å². The van der Waals surface area contributed by atoms with Gasteiger partial charge in [0.1, 0.15) is 0 Å². The van der Waals surface area contributed by atoms with Gasteiger partial charge in [0.15, 0.2) is 0 Å². The lowest BCUT2D eigenvalue weighted by molar-refractivity contribution is -0.0713. The van der Waals surface area contributed by atoms with Crippen LogP contribution in [0, 0.1) is 23.2 Å². The first-order valence-corrected chi connectivity index (χ1v) is 9.81. The molecule has 0 amide bonds. The SMILES string of the molecule is C=C1CC[C@]2(C)[C@@H](Br)CC[C@@](C)(O)[C@H]2/C=C/CC[C@H]1C(C)C. The van der Waals surface area contributed by atoms with Gasteiger partial charge in [-0.2, -0.15) is 0 Å². The van der Waals surface area contributed by atoms with Gasteiger partial charge in [0, 0.05) is 10.7 Å². The smallest absolute Gasteiger partial charge is 0.0688 e. The highest BCUT2D eigenvalue weighted by Crippen LogP contribution is 2.53. The maximum atomic E-state index is 10.9. The molecule has 0 aromatic carbocycles. The van der Waals surface area contributed by atoms with Crippen LogP contribution in [0.2, 0.25) is 0 Å². The van der Waals surface area contributed by atoms with E-state index in [9.17, 15) is 5.11 Å². The molecule has 2 aliphatic rings. The van der Waals surface area contributed by atoms with Gasteiger partial charge < -0.3 is 5.11 Å². The predicted octanol–water partition coefficient (Wildman–Crippen LogP) is 5.88. The molecule has 1 N–H and O–H groups in total. The van der Waals surface area contributed by atoms with E-state index in [4.69, 9.17) is 0 Å². The second kappa shape index (κ2) is 6.81. The molecule has 0 spiro atoms. The van der Waals surface area contributed by atoms with E-state index in [1.807, 2.05) is 6.92 Å². The summed E-state index contributed by atoms with van der Waals surface area (Å²) in [6.07, 6.45) is 11.0. The average molecular weight is 369 g/mol. The summed E-state index contributed by atoms with van der Waals surface area (Å²) in [4.78, 5) is 0.472. The van der Waals surface area contributed by atoms with Crippen molar-refractivity contribution in [3.05, 3.63) is 24.3 Å². The molecule has 0 saturated heterocycles. The minimum Gasteiger partial charge on any atom is -0.390 e. The van der Waals surface area contributed by atoms with Crippen molar-refractivity contribution < 1.29 is 5.11 Å². The largest absolute Gasteiger partial charge is 0.390 e. The Bertz CT molecular complexity index is 437. The Balaban J connectivity index is 2.32. The number of fused-ring (bicyclic) bond motifs is 1. The fourth-order valence-corrected chi connectivity index (χ4v) is 5.42. The highest BCUT2D eigenvalue weighted by atomic mass is 79.9. The quantitative estimate of drug-likeness (QED) is 0.452. The molecular weight excluding hydrogens is 336 g/mol. The minimum absolute atomic E-state index is 0.0973. The van der Waals surface area contributed by atoms with Crippen molar-refractivity contribution in [2.75, 3.05) is 0 Å². The topological polar surface area (TPSA) is 20.2 Å². The molecule has 22 heavy (non-hydrogen) atoms. The summed E-state index contributed by atoms with van der Waals surface area (Å²) in [5.74, 6) is 1.52. The second-order valence-electron chi connectivity index (χ2n) is 8.36. The molecule has 1 fully saturated rings. The lowest BCUT2D eigenvalue weighted by Gasteiger charge is -2.52. The molecule has 0 aromatic heterocycles. The molecule has 2 heteroatoms. The van der Waals surface area contributed by atoms with Gasteiger partial charge in [-0.3, -0.25) is 0 Å². The number of allylic oxidation sites excluding steroid dienone is 2. The molecule has 2 aliphatic carbocycles. The third-order valence-corrected chi connectivity index (χ3v) is 7.79. The summed E-state index contributed by atoms with van der Waals surface area (Å²) in [6, 6.07) is 0. The lowest BCUT2D eigenvalue weighted by Crippen LogP contribution is -2.52. The van der Waals surface area contributed by atoms with Gasteiger partial charge in [-0.25, -0.2) is 0 Å². The van der Waals surface area contributed by atoms with Crippen LogP contribution in [0.3, 0.4) is 0 Å². The first-order valence-electron chi connectivity index (χ1n) is 8.89. The van der Waals surface area contributed by atoms with Crippen molar-refractivity contribution in [1.29, 1.82) is 0 Å². The van der Waals surface area contributed by atoms with Crippen molar-refractivity contribution in [2.24, 2.45) is 23.2 Å². The summed E-state index contributed by atoms with van der Waals surface area (Å²) < 4.78 is 0. The van der Waals surface area contributed by atoms with Crippen LogP contribution in [0.5, 0.6) is 0 Å². The molecule has 0 bridgehead atoms. The molecule has 1 nitrogen and oxygen atoms in total. The molecular formula is C20H33BrO. The summed E-state index contributed by atoms with van der Waals surface area (Å²) in [5, 5.41) is 10.9. The third-order valence-electron chi connectivity index (χ3n) is 6.29. The summed E-state index contributed by atoms with van der Waals surface area (Å²) in [6.45, 7) is 13.4. The number of halogens is 1.